The Bertz CT molecular complexity index is 812. The minimum absolute atomic E-state index is 0.0346. The van der Waals surface area contributed by atoms with Crippen LogP contribution in [0, 0.1) is 56.7 Å². The van der Waals surface area contributed by atoms with Crippen molar-refractivity contribution in [1.29, 1.82) is 0 Å². The van der Waals surface area contributed by atoms with Gasteiger partial charge >= 0.3 is 0 Å². The molecular formula is C29H46O2. The summed E-state index contributed by atoms with van der Waals surface area (Å²) < 4.78 is 0. The van der Waals surface area contributed by atoms with E-state index in [9.17, 15) is 9.59 Å². The molecule has 0 heterocycles. The molecule has 5 aliphatic carbocycles. The lowest BCUT2D eigenvalue weighted by Gasteiger charge is -2.69. The van der Waals surface area contributed by atoms with Gasteiger partial charge in [0.15, 0.2) is 0 Å². The first kappa shape index (κ1) is 22.1. The fraction of sp³-hybridized carbons (Fsp3) is 0.931. The number of carbonyl (C=O) groups is 2. The Morgan fingerprint density at radius 2 is 1.48 bits per heavy atom. The van der Waals surface area contributed by atoms with Crippen molar-refractivity contribution >= 4 is 11.6 Å². The summed E-state index contributed by atoms with van der Waals surface area (Å²) in [4.78, 5) is 26.7. The van der Waals surface area contributed by atoms with Crippen LogP contribution in [0.25, 0.3) is 0 Å². The maximum Gasteiger partial charge on any atom is 0.137 e. The van der Waals surface area contributed by atoms with Gasteiger partial charge in [0.05, 0.1) is 0 Å². The summed E-state index contributed by atoms with van der Waals surface area (Å²) in [5.74, 6) is 3.18. The zero-order valence-electron chi connectivity index (χ0n) is 21.3. The fourth-order valence-electron chi connectivity index (χ4n) is 10.7. The predicted molar refractivity (Wildman–Crippen MR) is 126 cm³/mol. The fourth-order valence-corrected chi connectivity index (χ4v) is 10.7. The van der Waals surface area contributed by atoms with E-state index in [1.54, 1.807) is 0 Å². The van der Waals surface area contributed by atoms with Crippen molar-refractivity contribution in [1.82, 2.24) is 0 Å². The minimum atomic E-state index is -0.128. The number of Topliss-reactive ketones (excluding diaryl/α,β-unsaturated/α-hetero) is 2. The first-order chi connectivity index (χ1) is 14.3. The molecule has 5 fully saturated rings. The Hall–Kier alpha value is -0.660. The molecule has 0 saturated heterocycles. The molecule has 0 spiro atoms. The highest BCUT2D eigenvalue weighted by Crippen LogP contribution is 2.73. The smallest absolute Gasteiger partial charge is 0.137 e. The Morgan fingerprint density at radius 1 is 0.774 bits per heavy atom. The number of hydrogen-bond donors (Lipinski definition) is 0. The lowest BCUT2D eigenvalue weighted by atomic mass is 9.34. The Morgan fingerprint density at radius 3 is 2.19 bits per heavy atom. The summed E-state index contributed by atoms with van der Waals surface area (Å²) in [5.41, 5.74) is 0.964. The first-order valence-corrected chi connectivity index (χ1v) is 13.3. The van der Waals surface area contributed by atoms with E-state index in [2.05, 4.69) is 48.5 Å². The minimum Gasteiger partial charge on any atom is -0.299 e. The zero-order chi connectivity index (χ0) is 22.6. The standard InChI is InChI=1S/C29H46O2/c1-18-21(30)8-9-23-27(5)11-10-19-14-20-15-25(2,3)12-13-26(20,4)17-29(19,7)24(27)22(31)16-28(18,23)6/h18-20,23-24H,8-17H2,1-7H3/t18-,19+,20+,23-,24+,26+,27-,28+,29-/m0/s1. The van der Waals surface area contributed by atoms with Crippen LogP contribution in [0.5, 0.6) is 0 Å². The van der Waals surface area contributed by atoms with Gasteiger partial charge < -0.3 is 0 Å². The van der Waals surface area contributed by atoms with Gasteiger partial charge in [-0.3, -0.25) is 9.59 Å². The number of carbonyl (C=O) groups excluding carboxylic acids is 2. The molecular weight excluding hydrogens is 380 g/mol. The number of fused-ring (bicyclic) bond motifs is 6. The third-order valence-electron chi connectivity index (χ3n) is 12.4. The van der Waals surface area contributed by atoms with Crippen LogP contribution >= 0.6 is 0 Å². The van der Waals surface area contributed by atoms with Crippen molar-refractivity contribution in [3.8, 4) is 0 Å². The summed E-state index contributed by atoms with van der Waals surface area (Å²) in [5, 5.41) is 0. The van der Waals surface area contributed by atoms with E-state index >= 15 is 0 Å². The van der Waals surface area contributed by atoms with Crippen LogP contribution in [-0.2, 0) is 9.59 Å². The van der Waals surface area contributed by atoms with E-state index in [0.29, 0.717) is 40.7 Å². The second-order valence-electron chi connectivity index (χ2n) is 14.7. The zero-order valence-corrected chi connectivity index (χ0v) is 21.3. The highest BCUT2D eigenvalue weighted by Gasteiger charge is 2.69. The van der Waals surface area contributed by atoms with E-state index in [1.807, 2.05) is 0 Å². The molecule has 174 valence electrons. The molecule has 0 radical (unpaired) electrons. The number of ketones is 2. The largest absolute Gasteiger partial charge is 0.299 e. The maximum absolute atomic E-state index is 14.1. The summed E-state index contributed by atoms with van der Waals surface area (Å²) in [6.45, 7) is 16.9. The van der Waals surface area contributed by atoms with Crippen LogP contribution < -0.4 is 0 Å². The van der Waals surface area contributed by atoms with Crippen molar-refractivity contribution in [2.45, 2.75) is 113 Å². The third-order valence-corrected chi connectivity index (χ3v) is 12.4. The van der Waals surface area contributed by atoms with Crippen LogP contribution in [0.15, 0.2) is 0 Å². The van der Waals surface area contributed by atoms with E-state index in [-0.39, 0.29) is 28.1 Å². The predicted octanol–water partition coefficient (Wildman–Crippen LogP) is 7.25. The van der Waals surface area contributed by atoms with Crippen LogP contribution in [0.2, 0.25) is 0 Å². The van der Waals surface area contributed by atoms with Crippen LogP contribution in [0.4, 0.5) is 0 Å². The average molecular weight is 427 g/mol. The Kier molecular flexibility index (Phi) is 4.62. The van der Waals surface area contributed by atoms with Gasteiger partial charge in [-0.05, 0) is 96.2 Å². The molecule has 2 nitrogen and oxygen atoms in total. The van der Waals surface area contributed by atoms with Crippen molar-refractivity contribution in [3.05, 3.63) is 0 Å². The van der Waals surface area contributed by atoms with Gasteiger partial charge in [0.1, 0.15) is 11.6 Å². The van der Waals surface area contributed by atoms with Gasteiger partial charge in [0.25, 0.3) is 0 Å². The first-order valence-electron chi connectivity index (χ1n) is 13.3. The monoisotopic (exact) mass is 426 g/mol. The van der Waals surface area contributed by atoms with Gasteiger partial charge in [0, 0.05) is 24.7 Å². The normalized spacial score (nSPS) is 56.2. The molecule has 2 heteroatoms. The lowest BCUT2D eigenvalue weighted by molar-refractivity contribution is -0.209. The molecule has 5 aliphatic rings. The van der Waals surface area contributed by atoms with Crippen LogP contribution in [0.3, 0.4) is 0 Å². The highest BCUT2D eigenvalue weighted by molar-refractivity contribution is 5.88. The molecule has 0 aromatic carbocycles. The second kappa shape index (κ2) is 6.47. The topological polar surface area (TPSA) is 34.1 Å². The van der Waals surface area contributed by atoms with E-state index in [1.165, 1.54) is 44.9 Å². The highest BCUT2D eigenvalue weighted by atomic mass is 16.1. The summed E-state index contributed by atoms with van der Waals surface area (Å²) in [7, 11) is 0. The molecule has 0 N–H and O–H groups in total. The SMILES string of the molecule is C[C@H]1C(=O)CC[C@H]2[C@]3(C)CC[C@@H]4C[C@@H]5CC(C)(C)CC[C@]5(C)C[C@]4(C)[C@@H]3C(=O)C[C@@]21C. The lowest BCUT2D eigenvalue weighted by Crippen LogP contribution is -2.66. The van der Waals surface area contributed by atoms with E-state index in [4.69, 9.17) is 0 Å². The van der Waals surface area contributed by atoms with E-state index in [0.717, 1.165) is 18.8 Å². The van der Waals surface area contributed by atoms with Crippen molar-refractivity contribution < 1.29 is 9.59 Å². The second-order valence-corrected chi connectivity index (χ2v) is 14.7. The molecule has 9 atom stereocenters. The Labute approximate surface area is 190 Å². The summed E-state index contributed by atoms with van der Waals surface area (Å²) >= 11 is 0. The molecule has 0 aromatic heterocycles. The maximum atomic E-state index is 14.1. The molecule has 0 amide bonds. The quantitative estimate of drug-likeness (QED) is 0.409. The van der Waals surface area contributed by atoms with Crippen LogP contribution in [0.1, 0.15) is 113 Å². The van der Waals surface area contributed by atoms with E-state index < -0.39 is 0 Å². The van der Waals surface area contributed by atoms with Crippen molar-refractivity contribution in [2.75, 3.05) is 0 Å². The number of rotatable bonds is 0. The third kappa shape index (κ3) is 2.87. The van der Waals surface area contributed by atoms with Crippen molar-refractivity contribution in [3.63, 3.8) is 0 Å². The van der Waals surface area contributed by atoms with Gasteiger partial charge in [-0.25, -0.2) is 0 Å². The van der Waals surface area contributed by atoms with Gasteiger partial charge in [-0.1, -0.05) is 48.5 Å². The molecule has 0 bridgehead atoms. The van der Waals surface area contributed by atoms with Crippen LogP contribution in [-0.4, -0.2) is 11.6 Å². The molecule has 31 heavy (non-hydrogen) atoms. The molecule has 0 aliphatic heterocycles. The molecule has 0 unspecified atom stereocenters. The summed E-state index contributed by atoms with van der Waals surface area (Å²) in [6, 6.07) is 0. The molecule has 5 rings (SSSR count). The average Bonchev–Trinajstić information content (AvgIpc) is 2.64. The Balaban J connectivity index is 1.53. The summed E-state index contributed by atoms with van der Waals surface area (Å²) in [6.07, 6.45) is 11.5. The van der Waals surface area contributed by atoms with Gasteiger partial charge in [0.2, 0.25) is 0 Å². The van der Waals surface area contributed by atoms with Gasteiger partial charge in [-0.2, -0.15) is 0 Å². The molecule has 5 saturated carbocycles. The molecule has 0 aromatic rings. The van der Waals surface area contributed by atoms with Gasteiger partial charge in [-0.15, -0.1) is 0 Å². The number of hydrogen-bond acceptors (Lipinski definition) is 2. The van der Waals surface area contributed by atoms with Crippen molar-refractivity contribution in [2.24, 2.45) is 56.7 Å².